The SMILES string of the molecule is CC(C)(C)c1ccc(S(=O)(=O)c2cc(Cl)ncn2)cc1. The van der Waals surface area contributed by atoms with E-state index in [-0.39, 0.29) is 20.5 Å². The van der Waals surface area contributed by atoms with Crippen molar-refractivity contribution >= 4 is 21.4 Å². The lowest BCUT2D eigenvalue weighted by Crippen LogP contribution is -2.11. The molecule has 0 aliphatic rings. The first kappa shape index (κ1) is 14.9. The summed E-state index contributed by atoms with van der Waals surface area (Å²) in [6.07, 6.45) is 1.14. The van der Waals surface area contributed by atoms with Crippen LogP contribution in [0, 0.1) is 0 Å². The van der Waals surface area contributed by atoms with Gasteiger partial charge in [0.2, 0.25) is 9.84 Å². The number of aromatic nitrogens is 2. The summed E-state index contributed by atoms with van der Waals surface area (Å²) in [5, 5.41) is 0.00546. The highest BCUT2D eigenvalue weighted by Gasteiger charge is 2.21. The highest BCUT2D eigenvalue weighted by Crippen LogP contribution is 2.25. The molecule has 4 nitrogen and oxygen atoms in total. The van der Waals surface area contributed by atoms with Crippen molar-refractivity contribution in [3.8, 4) is 0 Å². The van der Waals surface area contributed by atoms with E-state index < -0.39 is 9.84 Å². The summed E-state index contributed by atoms with van der Waals surface area (Å²) >= 11 is 5.71. The predicted octanol–water partition coefficient (Wildman–Crippen LogP) is 3.26. The Bertz CT molecular complexity index is 720. The third-order valence-electron chi connectivity index (χ3n) is 2.91. The van der Waals surface area contributed by atoms with Crippen LogP contribution in [0.5, 0.6) is 0 Å². The highest BCUT2D eigenvalue weighted by molar-refractivity contribution is 7.91. The maximum atomic E-state index is 12.4. The standard InChI is InChI=1S/C14H15ClN2O2S/c1-14(2,3)10-4-6-11(7-5-10)20(18,19)13-8-12(15)16-9-17-13/h4-9H,1-3H3. The zero-order valence-electron chi connectivity index (χ0n) is 11.5. The van der Waals surface area contributed by atoms with Crippen LogP contribution in [0.1, 0.15) is 26.3 Å². The lowest BCUT2D eigenvalue weighted by atomic mass is 9.87. The molecule has 6 heteroatoms. The quantitative estimate of drug-likeness (QED) is 0.799. The van der Waals surface area contributed by atoms with Gasteiger partial charge in [-0.2, -0.15) is 0 Å². The molecule has 2 rings (SSSR count). The van der Waals surface area contributed by atoms with Crippen LogP contribution < -0.4 is 0 Å². The Labute approximate surface area is 123 Å². The van der Waals surface area contributed by atoms with Gasteiger partial charge in [-0.15, -0.1) is 0 Å². The molecule has 0 spiro atoms. The van der Waals surface area contributed by atoms with Crippen molar-refractivity contribution in [3.05, 3.63) is 47.4 Å². The van der Waals surface area contributed by atoms with E-state index in [1.54, 1.807) is 12.1 Å². The van der Waals surface area contributed by atoms with Gasteiger partial charge in [0, 0.05) is 6.07 Å². The Kier molecular flexibility index (Phi) is 3.84. The predicted molar refractivity (Wildman–Crippen MR) is 77.6 cm³/mol. The van der Waals surface area contributed by atoms with E-state index in [1.165, 1.54) is 6.07 Å². The van der Waals surface area contributed by atoms with Gasteiger partial charge in [-0.25, -0.2) is 18.4 Å². The van der Waals surface area contributed by atoms with E-state index in [4.69, 9.17) is 11.6 Å². The first-order valence-electron chi connectivity index (χ1n) is 6.04. The van der Waals surface area contributed by atoms with Crippen LogP contribution in [-0.2, 0) is 15.3 Å². The van der Waals surface area contributed by atoms with Gasteiger partial charge in [0.25, 0.3) is 0 Å². The second kappa shape index (κ2) is 5.14. The van der Waals surface area contributed by atoms with Gasteiger partial charge >= 0.3 is 0 Å². The van der Waals surface area contributed by atoms with Crippen LogP contribution in [0.4, 0.5) is 0 Å². The third-order valence-corrected chi connectivity index (χ3v) is 4.79. The number of nitrogens with zero attached hydrogens (tertiary/aromatic N) is 2. The number of rotatable bonds is 2. The second-order valence-electron chi connectivity index (χ2n) is 5.46. The van der Waals surface area contributed by atoms with Crippen molar-refractivity contribution in [3.63, 3.8) is 0 Å². The Morgan fingerprint density at radius 2 is 1.65 bits per heavy atom. The van der Waals surface area contributed by atoms with Crippen LogP contribution in [0.2, 0.25) is 5.15 Å². The molecule has 2 aromatic rings. The van der Waals surface area contributed by atoms with Crippen molar-refractivity contribution in [2.75, 3.05) is 0 Å². The largest absolute Gasteiger partial charge is 0.225 e. The molecular formula is C14H15ClN2O2S. The van der Waals surface area contributed by atoms with E-state index in [9.17, 15) is 8.42 Å². The summed E-state index contributed by atoms with van der Waals surface area (Å²) in [5.41, 5.74) is 1.04. The summed E-state index contributed by atoms with van der Waals surface area (Å²) in [5.74, 6) is 0. The molecule has 0 saturated heterocycles. The number of benzene rings is 1. The van der Waals surface area contributed by atoms with E-state index in [1.807, 2.05) is 12.1 Å². The van der Waals surface area contributed by atoms with Gasteiger partial charge in [0.15, 0.2) is 5.03 Å². The number of halogens is 1. The topological polar surface area (TPSA) is 59.9 Å². The fourth-order valence-electron chi connectivity index (χ4n) is 1.72. The number of hydrogen-bond donors (Lipinski definition) is 0. The molecule has 0 aliphatic heterocycles. The lowest BCUT2D eigenvalue weighted by molar-refractivity contribution is 0.585. The van der Waals surface area contributed by atoms with Gasteiger partial charge in [-0.3, -0.25) is 0 Å². The average molecular weight is 311 g/mol. The molecular weight excluding hydrogens is 296 g/mol. The van der Waals surface area contributed by atoms with E-state index in [2.05, 4.69) is 30.7 Å². The molecule has 0 bridgehead atoms. The Morgan fingerprint density at radius 3 is 2.15 bits per heavy atom. The maximum Gasteiger partial charge on any atom is 0.224 e. The van der Waals surface area contributed by atoms with Gasteiger partial charge in [0.05, 0.1) is 4.90 Å². The minimum atomic E-state index is -3.66. The molecule has 1 aromatic carbocycles. The van der Waals surface area contributed by atoms with Crippen molar-refractivity contribution in [2.45, 2.75) is 36.1 Å². The first-order valence-corrected chi connectivity index (χ1v) is 7.90. The molecule has 20 heavy (non-hydrogen) atoms. The average Bonchev–Trinajstić information content (AvgIpc) is 2.38. The minimum absolute atomic E-state index is 0.0273. The van der Waals surface area contributed by atoms with Crippen LogP contribution in [-0.4, -0.2) is 18.4 Å². The summed E-state index contributed by atoms with van der Waals surface area (Å²) in [4.78, 5) is 7.65. The summed E-state index contributed by atoms with van der Waals surface area (Å²) in [6.45, 7) is 6.21. The van der Waals surface area contributed by atoms with E-state index in [0.717, 1.165) is 11.9 Å². The zero-order valence-corrected chi connectivity index (χ0v) is 13.0. The van der Waals surface area contributed by atoms with Gasteiger partial charge in [-0.05, 0) is 23.1 Å². The van der Waals surface area contributed by atoms with Crippen molar-refractivity contribution in [2.24, 2.45) is 0 Å². The van der Waals surface area contributed by atoms with Gasteiger partial charge < -0.3 is 0 Å². The molecule has 0 radical (unpaired) electrons. The minimum Gasteiger partial charge on any atom is -0.225 e. The molecule has 106 valence electrons. The smallest absolute Gasteiger partial charge is 0.224 e. The Balaban J connectivity index is 2.45. The molecule has 0 atom stereocenters. The normalized spacial score (nSPS) is 12.4. The molecule has 1 heterocycles. The molecule has 0 saturated carbocycles. The maximum absolute atomic E-state index is 12.4. The van der Waals surface area contributed by atoms with Crippen molar-refractivity contribution in [1.82, 2.24) is 9.97 Å². The van der Waals surface area contributed by atoms with E-state index >= 15 is 0 Å². The molecule has 0 unspecified atom stereocenters. The molecule has 0 fully saturated rings. The van der Waals surface area contributed by atoms with Crippen LogP contribution in [0.15, 0.2) is 46.6 Å². The fraction of sp³-hybridized carbons (Fsp3) is 0.286. The third kappa shape index (κ3) is 2.99. The van der Waals surface area contributed by atoms with Gasteiger partial charge in [-0.1, -0.05) is 44.5 Å². The van der Waals surface area contributed by atoms with Crippen molar-refractivity contribution < 1.29 is 8.42 Å². The summed E-state index contributed by atoms with van der Waals surface area (Å²) < 4.78 is 24.8. The fourth-order valence-corrected chi connectivity index (χ4v) is 3.12. The first-order chi connectivity index (χ1) is 9.21. The molecule has 0 aliphatic carbocycles. The molecule has 0 amide bonds. The lowest BCUT2D eigenvalue weighted by Gasteiger charge is -2.19. The van der Waals surface area contributed by atoms with Crippen LogP contribution in [0.25, 0.3) is 0 Å². The van der Waals surface area contributed by atoms with Gasteiger partial charge in [0.1, 0.15) is 11.5 Å². The van der Waals surface area contributed by atoms with Crippen LogP contribution >= 0.6 is 11.6 Å². The second-order valence-corrected chi connectivity index (χ2v) is 7.74. The molecule has 1 aromatic heterocycles. The van der Waals surface area contributed by atoms with Crippen LogP contribution in [0.3, 0.4) is 0 Å². The zero-order chi connectivity index (χ0) is 15.0. The Morgan fingerprint density at radius 1 is 1.05 bits per heavy atom. The monoisotopic (exact) mass is 310 g/mol. The Hall–Kier alpha value is -1.46. The summed E-state index contributed by atoms with van der Waals surface area (Å²) in [7, 11) is -3.66. The highest BCUT2D eigenvalue weighted by atomic mass is 35.5. The van der Waals surface area contributed by atoms with E-state index in [0.29, 0.717) is 0 Å². The molecule has 0 N–H and O–H groups in total. The summed E-state index contributed by atoms with van der Waals surface area (Å²) in [6, 6.07) is 8.05. The number of sulfone groups is 1. The van der Waals surface area contributed by atoms with Crippen molar-refractivity contribution in [1.29, 1.82) is 0 Å². The number of hydrogen-bond acceptors (Lipinski definition) is 4.